The maximum Gasteiger partial charge on any atom is 0.282 e. The number of piperidine rings is 2. The Morgan fingerprint density at radius 3 is 2.46 bits per heavy atom. The summed E-state index contributed by atoms with van der Waals surface area (Å²) >= 11 is 3.42. The highest BCUT2D eigenvalue weighted by molar-refractivity contribution is 9.10. The van der Waals surface area contributed by atoms with Gasteiger partial charge in [0.05, 0.1) is 17.8 Å². The van der Waals surface area contributed by atoms with Crippen LogP contribution in [0.5, 0.6) is 0 Å². The Labute approximate surface area is 277 Å². The van der Waals surface area contributed by atoms with Gasteiger partial charge in [0.15, 0.2) is 0 Å². The molecule has 6 rings (SSSR count). The van der Waals surface area contributed by atoms with Crippen LogP contribution in [0.1, 0.15) is 58.1 Å². The molecule has 46 heavy (non-hydrogen) atoms. The first-order valence-electron chi connectivity index (χ1n) is 15.8. The lowest BCUT2D eigenvalue weighted by Crippen LogP contribution is -2.48. The summed E-state index contributed by atoms with van der Waals surface area (Å²) in [6.45, 7) is 6.37. The second-order valence-electron chi connectivity index (χ2n) is 12.7. The summed E-state index contributed by atoms with van der Waals surface area (Å²) < 4.78 is 1.79. The van der Waals surface area contributed by atoms with Crippen molar-refractivity contribution in [2.24, 2.45) is 7.05 Å². The highest BCUT2D eigenvalue weighted by Gasteiger charge is 2.31. The lowest BCUT2D eigenvalue weighted by Gasteiger charge is -2.37. The fourth-order valence-corrected chi connectivity index (χ4v) is 7.41. The zero-order valence-corrected chi connectivity index (χ0v) is 28.0. The molecule has 1 unspecified atom stereocenters. The van der Waals surface area contributed by atoms with Crippen LogP contribution in [0.3, 0.4) is 0 Å². The Morgan fingerprint density at radius 1 is 1.00 bits per heavy atom. The fraction of sp³-hybridized carbons (Fsp3) is 0.441. The first-order chi connectivity index (χ1) is 22.1. The van der Waals surface area contributed by atoms with E-state index in [9.17, 15) is 19.2 Å². The van der Waals surface area contributed by atoms with Gasteiger partial charge >= 0.3 is 0 Å². The molecule has 3 aliphatic rings. The van der Waals surface area contributed by atoms with Gasteiger partial charge in [-0.3, -0.25) is 24.5 Å². The smallest absolute Gasteiger partial charge is 0.282 e. The van der Waals surface area contributed by atoms with E-state index < -0.39 is 0 Å². The molecule has 2 N–H and O–H groups in total. The Bertz CT molecular complexity index is 1700. The molecule has 242 valence electrons. The van der Waals surface area contributed by atoms with E-state index in [2.05, 4.69) is 72.8 Å². The molecule has 11 nitrogen and oxygen atoms in total. The van der Waals surface area contributed by atoms with Gasteiger partial charge in [0, 0.05) is 70.0 Å². The predicted molar refractivity (Wildman–Crippen MR) is 180 cm³/mol. The van der Waals surface area contributed by atoms with Crippen molar-refractivity contribution >= 4 is 45.0 Å². The number of likely N-dealkylation sites (tertiary alicyclic amines) is 1. The molecule has 3 amide bonds. The third-order valence-electron chi connectivity index (χ3n) is 9.51. The van der Waals surface area contributed by atoms with E-state index in [1.54, 1.807) is 13.2 Å². The number of hydrogen-bond acceptors (Lipinski definition) is 8. The molecule has 3 atom stereocenters. The van der Waals surface area contributed by atoms with E-state index in [4.69, 9.17) is 0 Å². The molecule has 2 aromatic carbocycles. The standard InChI is InChI=1S/C34H40BrN7O4/c1-21-4-9-26(17-28(21)27-10-11-30(43)38-32(27)44)41-12-14-42(15-13-41)33(45)23-7-5-22(6-8-23)24-16-25(20-39(2)19-24)37-29-18-36-40(3)34(46)31(29)35/h4-9,17-18,24-25,27,37H,10-16,19-20H2,1-3H3,(H,38,43,44)/t24-,25+,27?/m1/s1. The topological polar surface area (TPSA) is 120 Å². The third-order valence-corrected chi connectivity index (χ3v) is 10.3. The van der Waals surface area contributed by atoms with Gasteiger partial charge in [-0.25, -0.2) is 4.68 Å². The molecule has 3 aliphatic heterocycles. The van der Waals surface area contributed by atoms with Crippen molar-refractivity contribution in [3.8, 4) is 0 Å². The number of amides is 3. The average molecular weight is 691 g/mol. The van der Waals surface area contributed by atoms with Crippen molar-refractivity contribution in [3.63, 3.8) is 0 Å². The van der Waals surface area contributed by atoms with Crippen molar-refractivity contribution in [1.82, 2.24) is 24.9 Å². The largest absolute Gasteiger partial charge is 0.379 e. The normalized spacial score (nSPS) is 22.5. The van der Waals surface area contributed by atoms with Crippen molar-refractivity contribution in [1.29, 1.82) is 0 Å². The molecule has 4 heterocycles. The summed E-state index contributed by atoms with van der Waals surface area (Å²) in [4.78, 5) is 56.4. The Hall–Kier alpha value is -4.03. The number of hydrogen-bond donors (Lipinski definition) is 2. The summed E-state index contributed by atoms with van der Waals surface area (Å²) in [5.74, 6) is -0.447. The monoisotopic (exact) mass is 689 g/mol. The van der Waals surface area contributed by atoms with E-state index >= 15 is 0 Å². The lowest BCUT2D eigenvalue weighted by molar-refractivity contribution is -0.134. The molecule has 3 aromatic rings. The number of piperazine rings is 1. The molecule has 0 aliphatic carbocycles. The van der Waals surface area contributed by atoms with Gasteiger partial charge in [0.1, 0.15) is 4.47 Å². The first kappa shape index (κ1) is 31.9. The minimum absolute atomic E-state index is 0.0302. The molecule has 0 spiro atoms. The SMILES string of the molecule is Cc1ccc(N2CCN(C(=O)c3ccc([C@@H]4C[C@H](Nc5cnn(C)c(=O)c5Br)CN(C)C4)cc3)CC2)cc1C1CCC(=O)NC1=O. The van der Waals surface area contributed by atoms with Crippen LogP contribution in [-0.4, -0.2) is 89.7 Å². The molecule has 1 aromatic heterocycles. The van der Waals surface area contributed by atoms with E-state index in [1.165, 1.54) is 10.2 Å². The molecule has 0 radical (unpaired) electrons. The van der Waals surface area contributed by atoms with Gasteiger partial charge in [0.2, 0.25) is 11.8 Å². The number of nitrogens with one attached hydrogen (secondary N) is 2. The summed E-state index contributed by atoms with van der Waals surface area (Å²) in [5.41, 5.74) is 5.42. The lowest BCUT2D eigenvalue weighted by atomic mass is 9.87. The molecule has 0 saturated carbocycles. The van der Waals surface area contributed by atoms with Crippen LogP contribution in [0.15, 0.2) is 57.9 Å². The number of nitrogens with zero attached hydrogens (tertiary/aromatic N) is 5. The van der Waals surface area contributed by atoms with Crippen LogP contribution in [0.4, 0.5) is 11.4 Å². The summed E-state index contributed by atoms with van der Waals surface area (Å²) in [6, 6.07) is 14.3. The van der Waals surface area contributed by atoms with Crippen LogP contribution in [0.2, 0.25) is 0 Å². The van der Waals surface area contributed by atoms with E-state index in [1.807, 2.05) is 30.0 Å². The number of anilines is 2. The number of imide groups is 1. The van der Waals surface area contributed by atoms with Crippen LogP contribution >= 0.6 is 15.9 Å². The highest BCUT2D eigenvalue weighted by Crippen LogP contribution is 2.32. The minimum atomic E-state index is -0.321. The van der Waals surface area contributed by atoms with Gasteiger partial charge in [-0.2, -0.15) is 5.10 Å². The second-order valence-corrected chi connectivity index (χ2v) is 13.5. The molecule has 3 fully saturated rings. The van der Waals surface area contributed by atoms with Crippen molar-refractivity contribution in [3.05, 3.63) is 85.7 Å². The Morgan fingerprint density at radius 2 is 1.74 bits per heavy atom. The summed E-state index contributed by atoms with van der Waals surface area (Å²) in [6.07, 6.45) is 3.45. The van der Waals surface area contributed by atoms with Gasteiger partial charge in [-0.15, -0.1) is 0 Å². The summed E-state index contributed by atoms with van der Waals surface area (Å²) in [5, 5.41) is 10.1. The van der Waals surface area contributed by atoms with Crippen LogP contribution < -0.4 is 21.1 Å². The minimum Gasteiger partial charge on any atom is -0.379 e. The number of rotatable bonds is 6. The van der Waals surface area contributed by atoms with Crippen molar-refractivity contribution in [2.75, 3.05) is 56.5 Å². The number of benzene rings is 2. The maximum atomic E-state index is 13.5. The number of aryl methyl sites for hydroxylation is 2. The van der Waals surface area contributed by atoms with Crippen LogP contribution in [-0.2, 0) is 16.6 Å². The fourth-order valence-electron chi connectivity index (χ4n) is 6.94. The molecular formula is C34H40BrN7O4. The maximum absolute atomic E-state index is 13.5. The van der Waals surface area contributed by atoms with Gasteiger partial charge in [-0.05, 0) is 89.6 Å². The third kappa shape index (κ3) is 6.73. The van der Waals surface area contributed by atoms with Crippen LogP contribution in [0, 0.1) is 6.92 Å². The molecule has 12 heteroatoms. The first-order valence-corrected chi connectivity index (χ1v) is 16.6. The van der Waals surface area contributed by atoms with Gasteiger partial charge < -0.3 is 20.0 Å². The predicted octanol–water partition coefficient (Wildman–Crippen LogP) is 3.23. The van der Waals surface area contributed by atoms with Gasteiger partial charge in [0.25, 0.3) is 11.5 Å². The Balaban J connectivity index is 1.06. The Kier molecular flexibility index (Phi) is 9.28. The number of likely N-dealkylation sites (N-methyl/N-ethyl adjacent to an activating group) is 1. The molecular weight excluding hydrogens is 650 g/mol. The zero-order valence-electron chi connectivity index (χ0n) is 26.5. The number of halogens is 1. The zero-order chi connectivity index (χ0) is 32.5. The second kappa shape index (κ2) is 13.4. The number of aromatic nitrogens is 2. The number of carbonyl (C=O) groups is 3. The molecule has 0 bridgehead atoms. The molecule has 3 saturated heterocycles. The van der Waals surface area contributed by atoms with Gasteiger partial charge in [-0.1, -0.05) is 18.2 Å². The average Bonchev–Trinajstić information content (AvgIpc) is 3.05. The van der Waals surface area contributed by atoms with Crippen molar-refractivity contribution in [2.45, 2.75) is 44.1 Å². The van der Waals surface area contributed by atoms with Crippen molar-refractivity contribution < 1.29 is 14.4 Å². The quantitative estimate of drug-likeness (QED) is 0.379. The summed E-state index contributed by atoms with van der Waals surface area (Å²) in [7, 11) is 3.73. The van der Waals surface area contributed by atoms with E-state index in [-0.39, 0.29) is 41.2 Å². The van der Waals surface area contributed by atoms with Crippen LogP contribution in [0.25, 0.3) is 0 Å². The van der Waals surface area contributed by atoms with E-state index in [0.717, 1.165) is 36.3 Å². The van der Waals surface area contributed by atoms with E-state index in [0.29, 0.717) is 54.7 Å². The highest BCUT2D eigenvalue weighted by atomic mass is 79.9. The number of carbonyl (C=O) groups excluding carboxylic acids is 3.